The van der Waals surface area contributed by atoms with E-state index >= 15 is 0 Å². The number of carbonyl (C=O) groups is 1. The van der Waals surface area contributed by atoms with Crippen molar-refractivity contribution in [2.24, 2.45) is 0 Å². The van der Waals surface area contributed by atoms with Crippen LogP contribution in [0.25, 0.3) is 11.0 Å². The molecule has 1 N–H and O–H groups in total. The molecule has 176 valence electrons. The van der Waals surface area contributed by atoms with Crippen LogP contribution in [0, 0.1) is 0 Å². The van der Waals surface area contributed by atoms with Crippen LogP contribution in [-0.2, 0) is 17.8 Å². The van der Waals surface area contributed by atoms with E-state index in [9.17, 15) is 4.79 Å². The van der Waals surface area contributed by atoms with Gasteiger partial charge in [0.15, 0.2) is 16.7 Å². The number of imidazole rings is 1. The van der Waals surface area contributed by atoms with Crippen molar-refractivity contribution in [1.82, 2.24) is 14.9 Å². The van der Waals surface area contributed by atoms with E-state index in [-0.39, 0.29) is 11.2 Å². The molecule has 6 nitrogen and oxygen atoms in total. The molecular weight excluding hydrogens is 446 g/mol. The fourth-order valence-electron chi connectivity index (χ4n) is 3.78. The number of rotatable bonds is 10. The van der Waals surface area contributed by atoms with Crippen molar-refractivity contribution in [3.8, 4) is 11.5 Å². The van der Waals surface area contributed by atoms with Crippen LogP contribution in [0.5, 0.6) is 11.5 Å². The molecule has 4 aromatic rings. The van der Waals surface area contributed by atoms with Crippen LogP contribution in [0.4, 0.5) is 0 Å². The number of methoxy groups -OCH3 is 2. The predicted octanol–water partition coefficient (Wildman–Crippen LogP) is 4.94. The highest BCUT2D eigenvalue weighted by Crippen LogP contribution is 2.29. The summed E-state index contributed by atoms with van der Waals surface area (Å²) in [6, 6.07) is 24.2. The molecular formula is C27H29N3O3S. The molecule has 0 fully saturated rings. The third kappa shape index (κ3) is 5.54. The number of hydrogen-bond donors (Lipinski definition) is 1. The van der Waals surface area contributed by atoms with Crippen LogP contribution < -0.4 is 14.8 Å². The number of nitrogens with zero attached hydrogens (tertiary/aromatic N) is 2. The minimum absolute atomic E-state index is 0.0104. The Labute approximate surface area is 204 Å². The Morgan fingerprint density at radius 2 is 1.71 bits per heavy atom. The van der Waals surface area contributed by atoms with Gasteiger partial charge in [0.05, 0.1) is 37.0 Å². The molecule has 0 aliphatic heterocycles. The molecule has 0 saturated heterocycles. The van der Waals surface area contributed by atoms with Gasteiger partial charge in [-0.25, -0.2) is 4.98 Å². The standard InChI is InChI=1S/C27H29N3O3S/c1-19(26(31)28-16-15-20-13-14-24(32-2)25(17-20)33-3)34-27-29-22-11-7-8-12-23(22)30(27)18-21-9-5-4-6-10-21/h4-14,17,19H,15-16,18H2,1-3H3,(H,28,31). The number of nitrogens with one attached hydrogen (secondary N) is 1. The highest BCUT2D eigenvalue weighted by molar-refractivity contribution is 8.00. The van der Waals surface area contributed by atoms with Crippen molar-refractivity contribution in [3.05, 3.63) is 83.9 Å². The van der Waals surface area contributed by atoms with Crippen molar-refractivity contribution < 1.29 is 14.3 Å². The minimum Gasteiger partial charge on any atom is -0.493 e. The molecule has 7 heteroatoms. The molecule has 1 unspecified atom stereocenters. The van der Waals surface area contributed by atoms with E-state index in [4.69, 9.17) is 14.5 Å². The van der Waals surface area contributed by atoms with E-state index in [1.54, 1.807) is 14.2 Å². The fraction of sp³-hybridized carbons (Fsp3) is 0.259. The smallest absolute Gasteiger partial charge is 0.233 e. The van der Waals surface area contributed by atoms with Crippen LogP contribution in [0.15, 0.2) is 78.0 Å². The maximum atomic E-state index is 12.8. The molecule has 0 aliphatic rings. The SMILES string of the molecule is COc1ccc(CCNC(=O)C(C)Sc2nc3ccccc3n2Cc2ccccc2)cc1OC. The number of fused-ring (bicyclic) bond motifs is 1. The number of amides is 1. The maximum Gasteiger partial charge on any atom is 0.233 e. The molecule has 0 spiro atoms. The Morgan fingerprint density at radius 1 is 0.971 bits per heavy atom. The molecule has 1 aromatic heterocycles. The van der Waals surface area contributed by atoms with Crippen molar-refractivity contribution in [3.63, 3.8) is 0 Å². The Bertz CT molecular complexity index is 1260. The summed E-state index contributed by atoms with van der Waals surface area (Å²) in [6.45, 7) is 3.17. The normalized spacial score (nSPS) is 11.9. The van der Waals surface area contributed by atoms with Gasteiger partial charge in [0.2, 0.25) is 5.91 Å². The highest BCUT2D eigenvalue weighted by Gasteiger charge is 2.19. The molecule has 1 amide bonds. The molecule has 1 atom stereocenters. The first-order valence-electron chi connectivity index (χ1n) is 11.2. The molecule has 3 aromatic carbocycles. The molecule has 0 aliphatic carbocycles. The lowest BCUT2D eigenvalue weighted by Crippen LogP contribution is -2.32. The lowest BCUT2D eigenvalue weighted by molar-refractivity contribution is -0.120. The van der Waals surface area contributed by atoms with E-state index < -0.39 is 0 Å². The Kier molecular flexibility index (Phi) is 7.75. The number of ether oxygens (including phenoxy) is 2. The summed E-state index contributed by atoms with van der Waals surface area (Å²) in [6.07, 6.45) is 0.704. The van der Waals surface area contributed by atoms with Gasteiger partial charge in [-0.2, -0.15) is 0 Å². The lowest BCUT2D eigenvalue weighted by atomic mass is 10.1. The number of aromatic nitrogens is 2. The fourth-order valence-corrected chi connectivity index (χ4v) is 4.73. The number of para-hydroxylation sites is 2. The maximum absolute atomic E-state index is 12.8. The highest BCUT2D eigenvalue weighted by atomic mass is 32.2. The third-order valence-corrected chi connectivity index (χ3v) is 6.71. The average molecular weight is 476 g/mol. The van der Waals surface area contributed by atoms with Gasteiger partial charge in [-0.1, -0.05) is 60.3 Å². The van der Waals surface area contributed by atoms with Crippen molar-refractivity contribution in [2.45, 2.75) is 30.3 Å². The van der Waals surface area contributed by atoms with Gasteiger partial charge in [-0.15, -0.1) is 0 Å². The Morgan fingerprint density at radius 3 is 2.47 bits per heavy atom. The summed E-state index contributed by atoms with van der Waals surface area (Å²) in [5.41, 5.74) is 4.26. The quantitative estimate of drug-likeness (QED) is 0.329. The number of benzene rings is 3. The Balaban J connectivity index is 1.41. The minimum atomic E-state index is -0.281. The second kappa shape index (κ2) is 11.1. The van der Waals surface area contributed by atoms with Crippen molar-refractivity contribution in [1.29, 1.82) is 0 Å². The van der Waals surface area contributed by atoms with Crippen LogP contribution in [0.3, 0.4) is 0 Å². The summed E-state index contributed by atoms with van der Waals surface area (Å²) in [7, 11) is 3.23. The first-order chi connectivity index (χ1) is 16.6. The third-order valence-electron chi connectivity index (χ3n) is 5.62. The van der Waals surface area contributed by atoms with Gasteiger partial charge in [-0.3, -0.25) is 4.79 Å². The van der Waals surface area contributed by atoms with Crippen molar-refractivity contribution >= 4 is 28.7 Å². The second-order valence-electron chi connectivity index (χ2n) is 7.95. The largest absolute Gasteiger partial charge is 0.493 e. The Hall–Kier alpha value is -3.45. The zero-order valence-corrected chi connectivity index (χ0v) is 20.5. The van der Waals surface area contributed by atoms with Gasteiger partial charge in [0.25, 0.3) is 0 Å². The van der Waals surface area contributed by atoms with Gasteiger partial charge in [-0.05, 0) is 48.7 Å². The van der Waals surface area contributed by atoms with Gasteiger partial charge in [0, 0.05) is 6.54 Å². The average Bonchev–Trinajstić information content (AvgIpc) is 3.21. The molecule has 4 rings (SSSR count). The number of thioether (sulfide) groups is 1. The molecule has 0 bridgehead atoms. The summed E-state index contributed by atoms with van der Waals surface area (Å²) in [4.78, 5) is 17.6. The first kappa shape index (κ1) is 23.7. The first-order valence-corrected chi connectivity index (χ1v) is 12.1. The van der Waals surface area contributed by atoms with Crippen LogP contribution >= 0.6 is 11.8 Å². The predicted molar refractivity (Wildman–Crippen MR) is 137 cm³/mol. The van der Waals surface area contributed by atoms with Crippen molar-refractivity contribution in [2.75, 3.05) is 20.8 Å². The summed E-state index contributed by atoms with van der Waals surface area (Å²) >= 11 is 1.48. The van der Waals surface area contributed by atoms with E-state index in [1.165, 1.54) is 17.3 Å². The van der Waals surface area contributed by atoms with Crippen LogP contribution in [0.1, 0.15) is 18.1 Å². The summed E-state index contributed by atoms with van der Waals surface area (Å²) in [5.74, 6) is 1.37. The van der Waals surface area contributed by atoms with Crippen LogP contribution in [-0.4, -0.2) is 41.5 Å². The van der Waals surface area contributed by atoms with E-state index in [0.717, 1.165) is 21.8 Å². The number of hydrogen-bond acceptors (Lipinski definition) is 5. The molecule has 0 radical (unpaired) electrons. The van der Waals surface area contributed by atoms with Gasteiger partial charge < -0.3 is 19.4 Å². The topological polar surface area (TPSA) is 65.4 Å². The molecule has 34 heavy (non-hydrogen) atoms. The zero-order chi connectivity index (χ0) is 23.9. The monoisotopic (exact) mass is 475 g/mol. The lowest BCUT2D eigenvalue weighted by Gasteiger charge is -2.14. The molecule has 1 heterocycles. The summed E-state index contributed by atoms with van der Waals surface area (Å²) < 4.78 is 12.8. The van der Waals surface area contributed by atoms with Gasteiger partial charge >= 0.3 is 0 Å². The van der Waals surface area contributed by atoms with Crippen LogP contribution in [0.2, 0.25) is 0 Å². The van der Waals surface area contributed by atoms with Gasteiger partial charge in [0.1, 0.15) is 0 Å². The van der Waals surface area contributed by atoms with E-state index in [0.29, 0.717) is 31.0 Å². The second-order valence-corrected chi connectivity index (χ2v) is 9.25. The number of carbonyl (C=O) groups excluding carboxylic acids is 1. The molecule has 0 saturated carbocycles. The van der Waals surface area contributed by atoms with E-state index in [2.05, 4.69) is 28.1 Å². The summed E-state index contributed by atoms with van der Waals surface area (Å²) in [5, 5.41) is 3.61. The zero-order valence-electron chi connectivity index (χ0n) is 19.7. The van der Waals surface area contributed by atoms with E-state index in [1.807, 2.05) is 61.5 Å².